The zero-order valence-electron chi connectivity index (χ0n) is 10.5. The number of hydrogen-bond acceptors (Lipinski definition) is 3. The Morgan fingerprint density at radius 1 is 1.71 bits per heavy atom. The van der Waals surface area contributed by atoms with Crippen molar-refractivity contribution in [2.24, 2.45) is 13.0 Å². The summed E-state index contributed by atoms with van der Waals surface area (Å²) in [6.07, 6.45) is 5.53. The summed E-state index contributed by atoms with van der Waals surface area (Å²) in [4.78, 5) is 13.8. The average molecular weight is 236 g/mol. The molecule has 2 heterocycles. The van der Waals surface area contributed by atoms with Crippen LogP contribution in [-0.4, -0.2) is 40.7 Å². The van der Waals surface area contributed by atoms with Crippen LogP contribution < -0.4 is 5.32 Å². The van der Waals surface area contributed by atoms with Crippen LogP contribution in [0.1, 0.15) is 18.4 Å². The largest absolute Gasteiger partial charge is 0.341 e. The molecule has 5 nitrogen and oxygen atoms in total. The SMILES string of the molecule is CN(Cc1cnn(C)c1)C(=O)CC1CCNC1. The molecular formula is C12H20N4O. The predicted molar refractivity (Wildman–Crippen MR) is 65.3 cm³/mol. The molecule has 1 atom stereocenters. The number of carbonyl (C=O) groups excluding carboxylic acids is 1. The Morgan fingerprint density at radius 2 is 2.53 bits per heavy atom. The van der Waals surface area contributed by atoms with Crippen molar-refractivity contribution in [1.29, 1.82) is 0 Å². The Labute approximate surface area is 102 Å². The molecule has 1 N–H and O–H groups in total. The number of carbonyl (C=O) groups is 1. The van der Waals surface area contributed by atoms with Crippen molar-refractivity contribution in [3.8, 4) is 0 Å². The number of nitrogens with zero attached hydrogens (tertiary/aromatic N) is 3. The zero-order chi connectivity index (χ0) is 12.3. The molecule has 1 fully saturated rings. The number of nitrogens with one attached hydrogen (secondary N) is 1. The maximum absolute atomic E-state index is 12.0. The summed E-state index contributed by atoms with van der Waals surface area (Å²) in [5, 5.41) is 7.39. The van der Waals surface area contributed by atoms with Gasteiger partial charge in [-0.3, -0.25) is 9.48 Å². The Bertz CT molecular complexity index is 382. The first-order valence-electron chi connectivity index (χ1n) is 6.07. The fourth-order valence-corrected chi connectivity index (χ4v) is 2.21. The fourth-order valence-electron chi connectivity index (χ4n) is 2.21. The van der Waals surface area contributed by atoms with Gasteiger partial charge in [0, 0.05) is 38.8 Å². The standard InChI is InChI=1S/C12H20N4O/c1-15(8-11-7-14-16(2)9-11)12(17)5-10-3-4-13-6-10/h7,9-10,13H,3-6,8H2,1-2H3. The molecule has 1 unspecified atom stereocenters. The first-order chi connectivity index (χ1) is 8.15. The minimum Gasteiger partial charge on any atom is -0.341 e. The van der Waals surface area contributed by atoms with Gasteiger partial charge >= 0.3 is 0 Å². The van der Waals surface area contributed by atoms with Gasteiger partial charge in [-0.05, 0) is 25.4 Å². The lowest BCUT2D eigenvalue weighted by Crippen LogP contribution is -2.28. The molecule has 1 aliphatic heterocycles. The van der Waals surface area contributed by atoms with Gasteiger partial charge in [0.15, 0.2) is 0 Å². The van der Waals surface area contributed by atoms with Crippen molar-refractivity contribution in [1.82, 2.24) is 20.0 Å². The van der Waals surface area contributed by atoms with Gasteiger partial charge in [-0.2, -0.15) is 5.10 Å². The Morgan fingerprint density at radius 3 is 3.12 bits per heavy atom. The predicted octanol–water partition coefficient (Wildman–Crippen LogP) is 0.378. The molecule has 0 saturated carbocycles. The second kappa shape index (κ2) is 5.31. The minimum absolute atomic E-state index is 0.225. The maximum atomic E-state index is 12.0. The van der Waals surface area contributed by atoms with Crippen LogP contribution in [0.3, 0.4) is 0 Å². The molecule has 1 amide bonds. The lowest BCUT2D eigenvalue weighted by molar-refractivity contribution is -0.131. The summed E-state index contributed by atoms with van der Waals surface area (Å²) in [7, 11) is 3.74. The van der Waals surface area contributed by atoms with E-state index in [-0.39, 0.29) is 5.91 Å². The second-order valence-corrected chi connectivity index (χ2v) is 4.84. The first kappa shape index (κ1) is 12.1. The van der Waals surface area contributed by atoms with Crippen molar-refractivity contribution >= 4 is 5.91 Å². The van der Waals surface area contributed by atoms with Gasteiger partial charge in [0.25, 0.3) is 0 Å². The van der Waals surface area contributed by atoms with E-state index in [2.05, 4.69) is 10.4 Å². The second-order valence-electron chi connectivity index (χ2n) is 4.84. The third kappa shape index (κ3) is 3.30. The highest BCUT2D eigenvalue weighted by Crippen LogP contribution is 2.14. The van der Waals surface area contributed by atoms with Gasteiger partial charge in [0.05, 0.1) is 6.20 Å². The van der Waals surface area contributed by atoms with Gasteiger partial charge in [0.1, 0.15) is 0 Å². The lowest BCUT2D eigenvalue weighted by atomic mass is 10.0. The van der Waals surface area contributed by atoms with Gasteiger partial charge in [0.2, 0.25) is 5.91 Å². The quantitative estimate of drug-likeness (QED) is 0.822. The minimum atomic E-state index is 0.225. The summed E-state index contributed by atoms with van der Waals surface area (Å²) in [6.45, 7) is 2.67. The third-order valence-electron chi connectivity index (χ3n) is 3.23. The Hall–Kier alpha value is -1.36. The van der Waals surface area contributed by atoms with Crippen molar-refractivity contribution in [2.45, 2.75) is 19.4 Å². The summed E-state index contributed by atoms with van der Waals surface area (Å²) in [5.74, 6) is 0.737. The lowest BCUT2D eigenvalue weighted by Gasteiger charge is -2.18. The summed E-state index contributed by atoms with van der Waals surface area (Å²) >= 11 is 0. The summed E-state index contributed by atoms with van der Waals surface area (Å²) < 4.78 is 1.76. The maximum Gasteiger partial charge on any atom is 0.222 e. The third-order valence-corrected chi connectivity index (χ3v) is 3.23. The highest BCUT2D eigenvalue weighted by atomic mass is 16.2. The topological polar surface area (TPSA) is 50.2 Å². The van der Waals surface area contributed by atoms with E-state index in [0.717, 1.165) is 25.1 Å². The van der Waals surface area contributed by atoms with Crippen LogP contribution in [0, 0.1) is 5.92 Å². The molecular weight excluding hydrogens is 216 g/mol. The van der Waals surface area contributed by atoms with E-state index in [4.69, 9.17) is 0 Å². The Kier molecular flexibility index (Phi) is 3.78. The van der Waals surface area contributed by atoms with Crippen LogP contribution in [0.5, 0.6) is 0 Å². The molecule has 1 aromatic rings. The molecule has 2 rings (SSSR count). The zero-order valence-corrected chi connectivity index (χ0v) is 10.5. The van der Waals surface area contributed by atoms with Crippen LogP contribution in [-0.2, 0) is 18.4 Å². The van der Waals surface area contributed by atoms with Crippen LogP contribution >= 0.6 is 0 Å². The molecule has 17 heavy (non-hydrogen) atoms. The fraction of sp³-hybridized carbons (Fsp3) is 0.667. The van der Waals surface area contributed by atoms with Crippen LogP contribution in [0.15, 0.2) is 12.4 Å². The van der Waals surface area contributed by atoms with Crippen LogP contribution in [0.25, 0.3) is 0 Å². The molecule has 0 aromatic carbocycles. The molecule has 1 aliphatic rings. The van der Waals surface area contributed by atoms with E-state index in [9.17, 15) is 4.79 Å². The number of amides is 1. The Balaban J connectivity index is 1.82. The van der Waals surface area contributed by atoms with Gasteiger partial charge in [-0.25, -0.2) is 0 Å². The number of aromatic nitrogens is 2. The molecule has 0 spiro atoms. The molecule has 1 saturated heterocycles. The summed E-state index contributed by atoms with van der Waals surface area (Å²) in [5.41, 5.74) is 1.08. The van der Waals surface area contributed by atoms with Gasteiger partial charge in [-0.1, -0.05) is 0 Å². The van der Waals surface area contributed by atoms with E-state index in [1.54, 1.807) is 15.8 Å². The van der Waals surface area contributed by atoms with Crippen LogP contribution in [0.4, 0.5) is 0 Å². The van der Waals surface area contributed by atoms with Crippen molar-refractivity contribution in [3.63, 3.8) is 0 Å². The first-order valence-corrected chi connectivity index (χ1v) is 6.07. The van der Waals surface area contributed by atoms with E-state index < -0.39 is 0 Å². The molecule has 0 radical (unpaired) electrons. The van der Waals surface area contributed by atoms with E-state index in [0.29, 0.717) is 18.9 Å². The van der Waals surface area contributed by atoms with E-state index in [1.807, 2.05) is 20.3 Å². The smallest absolute Gasteiger partial charge is 0.222 e. The van der Waals surface area contributed by atoms with Gasteiger partial charge in [-0.15, -0.1) is 0 Å². The van der Waals surface area contributed by atoms with Crippen molar-refractivity contribution < 1.29 is 4.79 Å². The number of aryl methyl sites for hydroxylation is 1. The van der Waals surface area contributed by atoms with E-state index in [1.165, 1.54) is 0 Å². The molecule has 0 bridgehead atoms. The van der Waals surface area contributed by atoms with Crippen LogP contribution in [0.2, 0.25) is 0 Å². The molecule has 1 aromatic heterocycles. The molecule has 0 aliphatic carbocycles. The van der Waals surface area contributed by atoms with Crippen molar-refractivity contribution in [2.75, 3.05) is 20.1 Å². The molecule has 5 heteroatoms. The van der Waals surface area contributed by atoms with Crippen molar-refractivity contribution in [3.05, 3.63) is 18.0 Å². The van der Waals surface area contributed by atoms with E-state index >= 15 is 0 Å². The highest BCUT2D eigenvalue weighted by molar-refractivity contribution is 5.76. The monoisotopic (exact) mass is 236 g/mol. The highest BCUT2D eigenvalue weighted by Gasteiger charge is 2.20. The van der Waals surface area contributed by atoms with Gasteiger partial charge < -0.3 is 10.2 Å². The number of rotatable bonds is 4. The average Bonchev–Trinajstić information content (AvgIpc) is 2.90. The normalized spacial score (nSPS) is 19.5. The molecule has 94 valence electrons. The summed E-state index contributed by atoms with van der Waals surface area (Å²) in [6, 6.07) is 0. The number of hydrogen-bond donors (Lipinski definition) is 1.